The number of benzene rings is 2. The SMILES string of the molecule is CCCCc1nc(N2CCN(C(=O)COC)CC2)c2c(-c3ccc4ccccc4c3)noc2n1. The molecule has 0 atom stereocenters. The van der Waals surface area contributed by atoms with Gasteiger partial charge in [0.05, 0.1) is 0 Å². The maximum absolute atomic E-state index is 12.3. The molecule has 0 bridgehead atoms. The standard InChI is InChI=1S/C26H29N5O3/c1-3-4-9-21-27-25(31-14-12-30(13-15-31)22(32)17-33-2)23-24(29-34-26(23)28-21)20-11-10-18-7-5-6-8-19(18)16-20/h5-8,10-11,16H,3-4,9,12-15,17H2,1-2H3. The molecule has 176 valence electrons. The molecule has 3 heterocycles. The largest absolute Gasteiger partial charge is 0.375 e. The van der Waals surface area contributed by atoms with E-state index >= 15 is 0 Å². The topological polar surface area (TPSA) is 84.6 Å². The van der Waals surface area contributed by atoms with Crippen molar-refractivity contribution in [3.63, 3.8) is 0 Å². The summed E-state index contributed by atoms with van der Waals surface area (Å²) in [6.07, 6.45) is 2.86. The van der Waals surface area contributed by atoms with Crippen molar-refractivity contribution >= 4 is 33.6 Å². The number of fused-ring (bicyclic) bond motifs is 2. The van der Waals surface area contributed by atoms with E-state index in [-0.39, 0.29) is 12.5 Å². The summed E-state index contributed by atoms with van der Waals surface area (Å²) in [5.74, 6) is 1.61. The van der Waals surface area contributed by atoms with Gasteiger partial charge in [-0.1, -0.05) is 54.9 Å². The number of methoxy groups -OCH3 is 1. The molecule has 0 spiro atoms. The van der Waals surface area contributed by atoms with Crippen molar-refractivity contribution < 1.29 is 14.1 Å². The molecule has 1 saturated heterocycles. The van der Waals surface area contributed by atoms with Crippen LogP contribution in [0.25, 0.3) is 33.1 Å². The molecule has 1 aliphatic rings. The van der Waals surface area contributed by atoms with Gasteiger partial charge in [-0.05, 0) is 23.3 Å². The Kier molecular flexibility index (Phi) is 6.40. The number of hydrogen-bond donors (Lipinski definition) is 0. The van der Waals surface area contributed by atoms with E-state index in [4.69, 9.17) is 19.2 Å². The molecule has 4 aromatic rings. The van der Waals surface area contributed by atoms with Crippen LogP contribution in [0.3, 0.4) is 0 Å². The molecule has 1 amide bonds. The summed E-state index contributed by atoms with van der Waals surface area (Å²) in [5, 5.41) is 7.57. The molecule has 2 aromatic carbocycles. The van der Waals surface area contributed by atoms with Crippen LogP contribution in [0.4, 0.5) is 5.82 Å². The predicted octanol–water partition coefficient (Wildman–Crippen LogP) is 4.08. The average molecular weight is 460 g/mol. The van der Waals surface area contributed by atoms with E-state index in [9.17, 15) is 4.79 Å². The normalized spacial score (nSPS) is 14.3. The highest BCUT2D eigenvalue weighted by Crippen LogP contribution is 2.35. The molecule has 0 radical (unpaired) electrons. The third-order valence-electron chi connectivity index (χ3n) is 6.34. The van der Waals surface area contributed by atoms with Crippen LogP contribution in [0.5, 0.6) is 0 Å². The molecule has 1 aliphatic heterocycles. The summed E-state index contributed by atoms with van der Waals surface area (Å²) < 4.78 is 10.8. The summed E-state index contributed by atoms with van der Waals surface area (Å²) in [7, 11) is 1.55. The van der Waals surface area contributed by atoms with Crippen LogP contribution in [-0.4, -0.2) is 65.8 Å². The zero-order valence-electron chi connectivity index (χ0n) is 19.7. The van der Waals surface area contributed by atoms with Crippen molar-refractivity contribution in [2.45, 2.75) is 26.2 Å². The minimum Gasteiger partial charge on any atom is -0.375 e. The Morgan fingerprint density at radius 2 is 1.85 bits per heavy atom. The van der Waals surface area contributed by atoms with Crippen molar-refractivity contribution in [2.75, 3.05) is 44.8 Å². The van der Waals surface area contributed by atoms with E-state index in [1.807, 2.05) is 17.0 Å². The molecule has 0 unspecified atom stereocenters. The average Bonchev–Trinajstić information content (AvgIpc) is 3.31. The molecule has 0 saturated carbocycles. The number of anilines is 1. The van der Waals surface area contributed by atoms with Crippen LogP contribution in [0.15, 0.2) is 47.0 Å². The number of piperazine rings is 1. The highest BCUT2D eigenvalue weighted by atomic mass is 16.5. The number of rotatable bonds is 7. The van der Waals surface area contributed by atoms with Gasteiger partial charge in [0.1, 0.15) is 29.3 Å². The van der Waals surface area contributed by atoms with Gasteiger partial charge in [0, 0.05) is 45.3 Å². The van der Waals surface area contributed by atoms with Crippen LogP contribution >= 0.6 is 0 Å². The Morgan fingerprint density at radius 1 is 1.06 bits per heavy atom. The van der Waals surface area contributed by atoms with Gasteiger partial charge in [-0.3, -0.25) is 4.79 Å². The van der Waals surface area contributed by atoms with E-state index in [0.717, 1.165) is 52.9 Å². The van der Waals surface area contributed by atoms with Crippen LogP contribution in [-0.2, 0) is 16.0 Å². The Bertz CT molecular complexity index is 1310. The van der Waals surface area contributed by atoms with Gasteiger partial charge in [-0.25, -0.2) is 4.98 Å². The number of amides is 1. The first kappa shape index (κ1) is 22.3. The second-order valence-electron chi connectivity index (χ2n) is 8.64. The molecule has 34 heavy (non-hydrogen) atoms. The zero-order valence-corrected chi connectivity index (χ0v) is 19.7. The Balaban J connectivity index is 1.54. The van der Waals surface area contributed by atoms with Crippen LogP contribution in [0.1, 0.15) is 25.6 Å². The lowest BCUT2D eigenvalue weighted by atomic mass is 10.0. The fraction of sp³-hybridized carbons (Fsp3) is 0.385. The molecule has 0 aliphatic carbocycles. The molecule has 0 N–H and O–H groups in total. The highest BCUT2D eigenvalue weighted by Gasteiger charge is 2.27. The van der Waals surface area contributed by atoms with Crippen molar-refractivity contribution in [1.82, 2.24) is 20.0 Å². The van der Waals surface area contributed by atoms with E-state index in [1.165, 1.54) is 5.39 Å². The molecule has 2 aromatic heterocycles. The molecule has 8 nitrogen and oxygen atoms in total. The fourth-order valence-corrected chi connectivity index (χ4v) is 4.47. The number of nitrogens with zero attached hydrogens (tertiary/aromatic N) is 5. The summed E-state index contributed by atoms with van der Waals surface area (Å²) in [5.41, 5.74) is 2.23. The van der Waals surface area contributed by atoms with Crippen LogP contribution in [0.2, 0.25) is 0 Å². The Labute approximate surface area is 198 Å². The quantitative estimate of drug-likeness (QED) is 0.412. The summed E-state index contributed by atoms with van der Waals surface area (Å²) in [6.45, 7) is 4.86. The lowest BCUT2D eigenvalue weighted by molar-refractivity contribution is -0.135. The zero-order chi connectivity index (χ0) is 23.5. The summed E-state index contributed by atoms with van der Waals surface area (Å²) >= 11 is 0. The summed E-state index contributed by atoms with van der Waals surface area (Å²) in [4.78, 5) is 26.0. The minimum absolute atomic E-state index is 0.0143. The fourth-order valence-electron chi connectivity index (χ4n) is 4.47. The Hall–Kier alpha value is -3.52. The Morgan fingerprint density at radius 3 is 2.62 bits per heavy atom. The summed E-state index contributed by atoms with van der Waals surface area (Å²) in [6, 6.07) is 14.6. The van der Waals surface area contributed by atoms with Gasteiger partial charge in [0.2, 0.25) is 5.91 Å². The van der Waals surface area contributed by atoms with Crippen LogP contribution in [0, 0.1) is 0 Å². The van der Waals surface area contributed by atoms with Crippen molar-refractivity contribution in [2.24, 2.45) is 0 Å². The van der Waals surface area contributed by atoms with Gasteiger partial charge < -0.3 is 19.1 Å². The molecular formula is C26H29N5O3. The van der Waals surface area contributed by atoms with Gasteiger partial charge >= 0.3 is 0 Å². The molecule has 8 heteroatoms. The lowest BCUT2D eigenvalue weighted by Gasteiger charge is -2.35. The lowest BCUT2D eigenvalue weighted by Crippen LogP contribution is -2.50. The number of carbonyl (C=O) groups is 1. The first-order chi connectivity index (χ1) is 16.7. The van der Waals surface area contributed by atoms with E-state index in [1.54, 1.807) is 7.11 Å². The number of aryl methyl sites for hydroxylation is 1. The molecule has 5 rings (SSSR count). The third kappa shape index (κ3) is 4.33. The number of aromatic nitrogens is 3. The first-order valence-electron chi connectivity index (χ1n) is 11.8. The second-order valence-corrected chi connectivity index (χ2v) is 8.64. The van der Waals surface area contributed by atoms with E-state index in [2.05, 4.69) is 47.3 Å². The van der Waals surface area contributed by atoms with Crippen molar-refractivity contribution in [3.05, 3.63) is 48.3 Å². The third-order valence-corrected chi connectivity index (χ3v) is 6.34. The molecule has 1 fully saturated rings. The highest BCUT2D eigenvalue weighted by molar-refractivity contribution is 6.00. The van der Waals surface area contributed by atoms with E-state index < -0.39 is 0 Å². The van der Waals surface area contributed by atoms with Crippen molar-refractivity contribution in [3.8, 4) is 11.3 Å². The minimum atomic E-state index is 0.0143. The van der Waals surface area contributed by atoms with Gasteiger partial charge in [-0.15, -0.1) is 0 Å². The van der Waals surface area contributed by atoms with Gasteiger partial charge in [0.25, 0.3) is 5.71 Å². The maximum Gasteiger partial charge on any atom is 0.263 e. The number of unbranched alkanes of at least 4 members (excludes halogenated alkanes) is 1. The second kappa shape index (κ2) is 9.77. The smallest absolute Gasteiger partial charge is 0.263 e. The monoisotopic (exact) mass is 459 g/mol. The maximum atomic E-state index is 12.3. The van der Waals surface area contributed by atoms with Crippen LogP contribution < -0.4 is 4.90 Å². The van der Waals surface area contributed by atoms with E-state index in [0.29, 0.717) is 31.9 Å². The van der Waals surface area contributed by atoms with Crippen molar-refractivity contribution in [1.29, 1.82) is 0 Å². The predicted molar refractivity (Wildman–Crippen MR) is 132 cm³/mol. The molecular weight excluding hydrogens is 430 g/mol. The van der Waals surface area contributed by atoms with Gasteiger partial charge in [0.15, 0.2) is 0 Å². The first-order valence-corrected chi connectivity index (χ1v) is 11.8. The van der Waals surface area contributed by atoms with Gasteiger partial charge in [-0.2, -0.15) is 4.98 Å². The number of ether oxygens (including phenoxy) is 1. The number of carbonyl (C=O) groups excluding carboxylic acids is 1. The number of hydrogen-bond acceptors (Lipinski definition) is 7.